The van der Waals surface area contributed by atoms with E-state index < -0.39 is 0 Å². The molecule has 2 aromatic rings. The number of nitrogens with zero attached hydrogens (tertiary/aromatic N) is 3. The van der Waals surface area contributed by atoms with E-state index in [4.69, 9.17) is 0 Å². The Bertz CT molecular complexity index is 746. The van der Waals surface area contributed by atoms with Crippen LogP contribution in [0.2, 0.25) is 0 Å². The maximum Gasteiger partial charge on any atom is 0.233 e. The van der Waals surface area contributed by atoms with Gasteiger partial charge in [0.1, 0.15) is 0 Å². The average molecular weight is 420 g/mol. The van der Waals surface area contributed by atoms with Gasteiger partial charge in [-0.1, -0.05) is 15.9 Å². The number of pyridine rings is 1. The van der Waals surface area contributed by atoms with Crippen molar-refractivity contribution in [1.29, 1.82) is 0 Å². The quantitative estimate of drug-likeness (QED) is 0.703. The van der Waals surface area contributed by atoms with E-state index in [1.54, 1.807) is 11.8 Å². The van der Waals surface area contributed by atoms with E-state index in [-0.39, 0.29) is 5.91 Å². The van der Waals surface area contributed by atoms with Gasteiger partial charge < -0.3 is 9.80 Å². The SMILES string of the molecule is Cc1cc(SCC(=O)N2CCN(c3ccncc3)CC2)c(C)cc1Br. The van der Waals surface area contributed by atoms with Crippen LogP contribution in [-0.4, -0.2) is 47.7 Å². The average Bonchev–Trinajstić information content (AvgIpc) is 2.64. The molecule has 1 aromatic carbocycles. The van der Waals surface area contributed by atoms with Gasteiger partial charge in [0.15, 0.2) is 0 Å². The molecule has 25 heavy (non-hydrogen) atoms. The fraction of sp³-hybridized carbons (Fsp3) is 0.368. The molecule has 0 radical (unpaired) electrons. The topological polar surface area (TPSA) is 36.4 Å². The molecule has 1 aliphatic rings. The zero-order valence-corrected chi connectivity index (χ0v) is 16.9. The summed E-state index contributed by atoms with van der Waals surface area (Å²) < 4.78 is 1.12. The highest BCUT2D eigenvalue weighted by Gasteiger charge is 2.21. The molecule has 0 aliphatic carbocycles. The first kappa shape index (κ1) is 18.3. The standard InChI is InChI=1S/C19H22BrN3OS/c1-14-12-18(15(2)11-17(14)20)25-13-19(24)23-9-7-22(8-10-23)16-3-5-21-6-4-16/h3-6,11-12H,7-10,13H2,1-2H3. The second kappa shape index (κ2) is 8.23. The van der Waals surface area contributed by atoms with Gasteiger partial charge in [0.2, 0.25) is 5.91 Å². The van der Waals surface area contributed by atoms with E-state index in [2.05, 4.69) is 51.8 Å². The summed E-state index contributed by atoms with van der Waals surface area (Å²) in [7, 11) is 0. The molecule has 3 rings (SSSR count). The maximum atomic E-state index is 12.5. The zero-order valence-electron chi connectivity index (χ0n) is 14.5. The number of hydrogen-bond acceptors (Lipinski definition) is 4. The van der Waals surface area contributed by atoms with Crippen LogP contribution in [0, 0.1) is 13.8 Å². The van der Waals surface area contributed by atoms with Gasteiger partial charge in [-0.3, -0.25) is 9.78 Å². The number of halogens is 1. The number of anilines is 1. The molecule has 1 aromatic heterocycles. The lowest BCUT2D eigenvalue weighted by atomic mass is 10.2. The highest BCUT2D eigenvalue weighted by Crippen LogP contribution is 2.28. The lowest BCUT2D eigenvalue weighted by Crippen LogP contribution is -2.49. The van der Waals surface area contributed by atoms with Gasteiger partial charge in [0, 0.05) is 53.6 Å². The fourth-order valence-corrected chi connectivity index (χ4v) is 4.38. The minimum Gasteiger partial charge on any atom is -0.368 e. The van der Waals surface area contributed by atoms with Gasteiger partial charge in [-0.15, -0.1) is 11.8 Å². The van der Waals surface area contributed by atoms with Crippen molar-refractivity contribution in [2.75, 3.05) is 36.8 Å². The summed E-state index contributed by atoms with van der Waals surface area (Å²) >= 11 is 5.19. The van der Waals surface area contributed by atoms with E-state index in [1.807, 2.05) is 29.4 Å². The van der Waals surface area contributed by atoms with E-state index in [1.165, 1.54) is 21.7 Å². The van der Waals surface area contributed by atoms with E-state index in [9.17, 15) is 4.79 Å². The molecular weight excluding hydrogens is 398 g/mol. The lowest BCUT2D eigenvalue weighted by molar-refractivity contribution is -0.128. The van der Waals surface area contributed by atoms with Crippen LogP contribution in [0.1, 0.15) is 11.1 Å². The van der Waals surface area contributed by atoms with Crippen molar-refractivity contribution in [2.24, 2.45) is 0 Å². The molecule has 1 saturated heterocycles. The third-order valence-corrected chi connectivity index (χ3v) is 6.46. The summed E-state index contributed by atoms with van der Waals surface area (Å²) in [6.07, 6.45) is 3.62. The molecule has 1 aliphatic heterocycles. The monoisotopic (exact) mass is 419 g/mol. The Balaban J connectivity index is 1.52. The Morgan fingerprint density at radius 3 is 2.48 bits per heavy atom. The largest absolute Gasteiger partial charge is 0.368 e. The van der Waals surface area contributed by atoms with Crippen LogP contribution in [-0.2, 0) is 4.79 Å². The number of carbonyl (C=O) groups is 1. The van der Waals surface area contributed by atoms with Crippen LogP contribution < -0.4 is 4.90 Å². The smallest absolute Gasteiger partial charge is 0.233 e. The minimum absolute atomic E-state index is 0.222. The van der Waals surface area contributed by atoms with Crippen LogP contribution in [0.3, 0.4) is 0 Å². The first-order valence-electron chi connectivity index (χ1n) is 8.37. The normalized spacial score (nSPS) is 14.7. The van der Waals surface area contributed by atoms with Crippen LogP contribution in [0.15, 0.2) is 46.0 Å². The summed E-state index contributed by atoms with van der Waals surface area (Å²) in [6.45, 7) is 7.46. The molecule has 0 saturated carbocycles. The second-order valence-electron chi connectivity index (χ2n) is 6.23. The molecule has 0 bridgehead atoms. The number of carbonyl (C=O) groups excluding carboxylic acids is 1. The zero-order chi connectivity index (χ0) is 17.8. The third kappa shape index (κ3) is 4.55. The van der Waals surface area contributed by atoms with Crippen LogP contribution >= 0.6 is 27.7 Å². The van der Waals surface area contributed by atoms with Crippen molar-refractivity contribution in [1.82, 2.24) is 9.88 Å². The highest BCUT2D eigenvalue weighted by atomic mass is 79.9. The number of aryl methyl sites for hydroxylation is 2. The van der Waals surface area contributed by atoms with Gasteiger partial charge in [0.05, 0.1) is 5.75 Å². The molecule has 2 heterocycles. The highest BCUT2D eigenvalue weighted by molar-refractivity contribution is 9.10. The second-order valence-corrected chi connectivity index (χ2v) is 8.10. The summed E-state index contributed by atoms with van der Waals surface area (Å²) in [5.41, 5.74) is 3.58. The number of benzene rings is 1. The summed E-state index contributed by atoms with van der Waals surface area (Å²) in [6, 6.07) is 8.31. The first-order chi connectivity index (χ1) is 12.0. The molecule has 0 unspecified atom stereocenters. The predicted molar refractivity (Wildman–Crippen MR) is 107 cm³/mol. The van der Waals surface area contributed by atoms with Crippen molar-refractivity contribution in [3.8, 4) is 0 Å². The first-order valence-corrected chi connectivity index (χ1v) is 10.1. The summed E-state index contributed by atoms with van der Waals surface area (Å²) in [4.78, 5) is 22.1. The van der Waals surface area contributed by atoms with Crippen molar-refractivity contribution >= 4 is 39.3 Å². The Hall–Kier alpha value is -1.53. The van der Waals surface area contributed by atoms with Gasteiger partial charge in [-0.2, -0.15) is 0 Å². The summed E-state index contributed by atoms with van der Waals surface area (Å²) in [5, 5.41) is 0. The Labute approximate surface area is 161 Å². The number of thioether (sulfide) groups is 1. The number of piperazine rings is 1. The van der Waals surface area contributed by atoms with Crippen molar-refractivity contribution < 1.29 is 4.79 Å². The van der Waals surface area contributed by atoms with Crippen LogP contribution in [0.25, 0.3) is 0 Å². The predicted octanol–water partition coefficient (Wildman–Crippen LogP) is 3.90. The molecule has 1 amide bonds. The van der Waals surface area contributed by atoms with Gasteiger partial charge in [-0.05, 0) is 49.2 Å². The van der Waals surface area contributed by atoms with Crippen molar-refractivity contribution in [3.63, 3.8) is 0 Å². The summed E-state index contributed by atoms with van der Waals surface area (Å²) in [5.74, 6) is 0.719. The van der Waals surface area contributed by atoms with Gasteiger partial charge in [0.25, 0.3) is 0 Å². The molecule has 4 nitrogen and oxygen atoms in total. The van der Waals surface area contributed by atoms with Crippen molar-refractivity contribution in [2.45, 2.75) is 18.7 Å². The third-order valence-electron chi connectivity index (χ3n) is 4.47. The molecule has 6 heteroatoms. The lowest BCUT2D eigenvalue weighted by Gasteiger charge is -2.36. The van der Waals surface area contributed by atoms with Crippen LogP contribution in [0.5, 0.6) is 0 Å². The van der Waals surface area contributed by atoms with Crippen molar-refractivity contribution in [3.05, 3.63) is 52.3 Å². The number of aromatic nitrogens is 1. The molecule has 0 N–H and O–H groups in total. The fourth-order valence-electron chi connectivity index (χ4n) is 2.91. The Morgan fingerprint density at radius 1 is 1.12 bits per heavy atom. The molecule has 1 fully saturated rings. The maximum absolute atomic E-state index is 12.5. The number of amides is 1. The number of rotatable bonds is 4. The van der Waals surface area contributed by atoms with E-state index in [0.717, 1.165) is 30.7 Å². The Kier molecular flexibility index (Phi) is 6.02. The van der Waals surface area contributed by atoms with Gasteiger partial charge in [-0.25, -0.2) is 0 Å². The van der Waals surface area contributed by atoms with Crippen LogP contribution in [0.4, 0.5) is 5.69 Å². The van der Waals surface area contributed by atoms with Gasteiger partial charge >= 0.3 is 0 Å². The van der Waals surface area contributed by atoms with E-state index in [0.29, 0.717) is 5.75 Å². The number of hydrogen-bond donors (Lipinski definition) is 0. The Morgan fingerprint density at radius 2 is 1.80 bits per heavy atom. The molecular formula is C19H22BrN3OS. The molecule has 0 spiro atoms. The molecule has 0 atom stereocenters. The minimum atomic E-state index is 0.222. The molecule has 132 valence electrons. The van der Waals surface area contributed by atoms with E-state index >= 15 is 0 Å².